The molecule has 1 N–H and O–H groups in total. The van der Waals surface area contributed by atoms with Crippen molar-refractivity contribution >= 4 is 0 Å². The van der Waals surface area contributed by atoms with Crippen molar-refractivity contribution in [2.75, 3.05) is 0 Å². The lowest BCUT2D eigenvalue weighted by molar-refractivity contribution is 0.567. The molecule has 0 saturated heterocycles. The maximum atomic E-state index is 13.0. The molecule has 1 saturated carbocycles. The van der Waals surface area contributed by atoms with Crippen LogP contribution in [0.25, 0.3) is 0 Å². The van der Waals surface area contributed by atoms with E-state index in [1.54, 1.807) is 0 Å². The van der Waals surface area contributed by atoms with Gasteiger partial charge in [0.1, 0.15) is 5.82 Å². The average Bonchev–Trinajstić information content (AvgIpc) is 2.66. The average molecular weight is 196 g/mol. The second kappa shape index (κ2) is 3.52. The van der Waals surface area contributed by atoms with E-state index in [0.717, 1.165) is 12.8 Å². The van der Waals surface area contributed by atoms with Crippen LogP contribution in [0.2, 0.25) is 0 Å². The fourth-order valence-electron chi connectivity index (χ4n) is 1.99. The molecule has 0 aliphatic heterocycles. The van der Waals surface area contributed by atoms with E-state index in [0.29, 0.717) is 11.7 Å². The summed E-state index contributed by atoms with van der Waals surface area (Å²) in [6, 6.07) is 0. The Labute approximate surface area is 81.4 Å². The zero-order valence-electron chi connectivity index (χ0n) is 8.14. The molecule has 1 aromatic heterocycles. The zero-order valence-corrected chi connectivity index (χ0v) is 8.14. The van der Waals surface area contributed by atoms with Crippen LogP contribution < -0.4 is 5.56 Å². The summed E-state index contributed by atoms with van der Waals surface area (Å²) in [5.74, 6) is 0.222. The van der Waals surface area contributed by atoms with Crippen molar-refractivity contribution in [3.8, 4) is 0 Å². The number of aromatic amines is 1. The van der Waals surface area contributed by atoms with Crippen LogP contribution in [0.5, 0.6) is 0 Å². The van der Waals surface area contributed by atoms with Gasteiger partial charge in [-0.1, -0.05) is 12.8 Å². The standard InChI is InChI=1S/C10H13FN2O/c1-6-8(11)10(14)13-9(12-6)7-4-2-3-5-7/h7H,2-5H2,1H3,(H,12,13,14). The van der Waals surface area contributed by atoms with E-state index in [9.17, 15) is 9.18 Å². The Morgan fingerprint density at radius 1 is 1.43 bits per heavy atom. The summed E-state index contributed by atoms with van der Waals surface area (Å²) >= 11 is 0. The van der Waals surface area contributed by atoms with E-state index in [1.807, 2.05) is 0 Å². The van der Waals surface area contributed by atoms with Gasteiger partial charge < -0.3 is 4.98 Å². The number of aromatic nitrogens is 2. The van der Waals surface area contributed by atoms with Crippen LogP contribution in [0, 0.1) is 12.7 Å². The lowest BCUT2D eigenvalue weighted by Gasteiger charge is -2.08. The quantitative estimate of drug-likeness (QED) is 0.745. The highest BCUT2D eigenvalue weighted by atomic mass is 19.1. The van der Waals surface area contributed by atoms with Crippen molar-refractivity contribution in [1.29, 1.82) is 0 Å². The predicted octanol–water partition coefficient (Wildman–Crippen LogP) is 1.88. The van der Waals surface area contributed by atoms with Gasteiger partial charge >= 0.3 is 0 Å². The summed E-state index contributed by atoms with van der Waals surface area (Å²) in [5, 5.41) is 0. The minimum atomic E-state index is -0.758. The SMILES string of the molecule is Cc1nc(C2CCCC2)[nH]c(=O)c1F. The molecule has 1 fully saturated rings. The van der Waals surface area contributed by atoms with Crippen LogP contribution in [0.1, 0.15) is 43.1 Å². The first-order chi connectivity index (χ1) is 6.68. The summed E-state index contributed by atoms with van der Waals surface area (Å²) < 4.78 is 13.0. The molecule has 76 valence electrons. The largest absolute Gasteiger partial charge is 0.308 e. The van der Waals surface area contributed by atoms with Gasteiger partial charge in [-0.3, -0.25) is 4.79 Å². The lowest BCUT2D eigenvalue weighted by Crippen LogP contribution is -2.18. The summed E-state index contributed by atoms with van der Waals surface area (Å²) in [6.07, 6.45) is 4.44. The first kappa shape index (κ1) is 9.37. The van der Waals surface area contributed by atoms with E-state index in [-0.39, 0.29) is 5.69 Å². The first-order valence-electron chi connectivity index (χ1n) is 4.95. The van der Waals surface area contributed by atoms with Gasteiger partial charge in [-0.25, -0.2) is 4.98 Å². The third-order valence-electron chi connectivity index (χ3n) is 2.79. The smallest absolute Gasteiger partial charge is 0.287 e. The molecule has 1 heterocycles. The Kier molecular flexibility index (Phi) is 2.35. The predicted molar refractivity (Wildman–Crippen MR) is 50.8 cm³/mol. The summed E-state index contributed by atoms with van der Waals surface area (Å²) in [5.41, 5.74) is -0.435. The molecule has 0 unspecified atom stereocenters. The molecule has 0 spiro atoms. The molecule has 2 rings (SSSR count). The highest BCUT2D eigenvalue weighted by Crippen LogP contribution is 2.31. The van der Waals surface area contributed by atoms with E-state index in [1.165, 1.54) is 19.8 Å². The van der Waals surface area contributed by atoms with Gasteiger partial charge in [-0.15, -0.1) is 0 Å². The second-order valence-corrected chi connectivity index (χ2v) is 3.83. The molecule has 0 aromatic carbocycles. The molecule has 0 amide bonds. The lowest BCUT2D eigenvalue weighted by atomic mass is 10.1. The van der Waals surface area contributed by atoms with E-state index in [4.69, 9.17) is 0 Å². The van der Waals surface area contributed by atoms with Crippen molar-refractivity contribution in [3.63, 3.8) is 0 Å². The normalized spacial score (nSPS) is 17.6. The Bertz CT molecular complexity index is 394. The highest BCUT2D eigenvalue weighted by molar-refractivity contribution is 5.07. The molecule has 0 atom stereocenters. The summed E-state index contributed by atoms with van der Waals surface area (Å²) in [4.78, 5) is 17.7. The van der Waals surface area contributed by atoms with Crippen LogP contribution in [-0.4, -0.2) is 9.97 Å². The first-order valence-corrected chi connectivity index (χ1v) is 4.95. The highest BCUT2D eigenvalue weighted by Gasteiger charge is 2.20. The molecule has 4 heteroatoms. The van der Waals surface area contributed by atoms with Gasteiger partial charge in [-0.2, -0.15) is 4.39 Å². The van der Waals surface area contributed by atoms with Crippen LogP contribution in [0.15, 0.2) is 4.79 Å². The van der Waals surface area contributed by atoms with Gasteiger partial charge in [-0.05, 0) is 19.8 Å². The summed E-state index contributed by atoms with van der Waals surface area (Å²) in [7, 11) is 0. The number of rotatable bonds is 1. The Morgan fingerprint density at radius 2 is 2.07 bits per heavy atom. The van der Waals surface area contributed by atoms with Crippen LogP contribution in [-0.2, 0) is 0 Å². The Balaban J connectivity index is 2.39. The maximum Gasteiger partial charge on any atom is 0.287 e. The van der Waals surface area contributed by atoms with Gasteiger partial charge in [0.2, 0.25) is 5.82 Å². The molecule has 0 radical (unpaired) electrons. The van der Waals surface area contributed by atoms with E-state index >= 15 is 0 Å². The summed E-state index contributed by atoms with van der Waals surface area (Å²) in [6.45, 7) is 1.53. The molecule has 0 bridgehead atoms. The number of nitrogens with zero attached hydrogens (tertiary/aromatic N) is 1. The monoisotopic (exact) mass is 196 g/mol. The van der Waals surface area contributed by atoms with Gasteiger partial charge in [0.05, 0.1) is 5.69 Å². The van der Waals surface area contributed by atoms with Crippen molar-refractivity contribution in [2.45, 2.75) is 38.5 Å². The third kappa shape index (κ3) is 1.56. The van der Waals surface area contributed by atoms with Crippen molar-refractivity contribution in [1.82, 2.24) is 9.97 Å². The van der Waals surface area contributed by atoms with Crippen molar-refractivity contribution < 1.29 is 4.39 Å². The topological polar surface area (TPSA) is 45.8 Å². The molecule has 1 aromatic rings. The molecular formula is C10H13FN2O. The van der Waals surface area contributed by atoms with E-state index < -0.39 is 11.4 Å². The molecule has 3 nitrogen and oxygen atoms in total. The molecule has 1 aliphatic rings. The Hall–Kier alpha value is -1.19. The van der Waals surface area contributed by atoms with E-state index in [2.05, 4.69) is 9.97 Å². The molecule has 1 aliphatic carbocycles. The van der Waals surface area contributed by atoms with Crippen molar-refractivity contribution in [3.05, 3.63) is 27.7 Å². The van der Waals surface area contributed by atoms with Crippen LogP contribution in [0.4, 0.5) is 4.39 Å². The molecular weight excluding hydrogens is 183 g/mol. The number of nitrogens with one attached hydrogen (secondary N) is 1. The minimum absolute atomic E-state index is 0.204. The fourth-order valence-corrected chi connectivity index (χ4v) is 1.99. The number of aryl methyl sites for hydroxylation is 1. The second-order valence-electron chi connectivity index (χ2n) is 3.83. The number of hydrogen-bond donors (Lipinski definition) is 1. The molecule has 14 heavy (non-hydrogen) atoms. The fraction of sp³-hybridized carbons (Fsp3) is 0.600. The Morgan fingerprint density at radius 3 is 2.64 bits per heavy atom. The maximum absolute atomic E-state index is 13.0. The van der Waals surface area contributed by atoms with Crippen molar-refractivity contribution in [2.24, 2.45) is 0 Å². The number of hydrogen-bond acceptors (Lipinski definition) is 2. The minimum Gasteiger partial charge on any atom is -0.308 e. The number of halogens is 1. The van der Waals surface area contributed by atoms with Crippen LogP contribution >= 0.6 is 0 Å². The van der Waals surface area contributed by atoms with Gasteiger partial charge in [0.15, 0.2) is 0 Å². The number of H-pyrrole nitrogens is 1. The third-order valence-corrected chi connectivity index (χ3v) is 2.79. The van der Waals surface area contributed by atoms with Gasteiger partial charge in [0.25, 0.3) is 5.56 Å². The van der Waals surface area contributed by atoms with Crippen LogP contribution in [0.3, 0.4) is 0 Å². The van der Waals surface area contributed by atoms with Gasteiger partial charge in [0, 0.05) is 5.92 Å². The zero-order chi connectivity index (χ0) is 10.1.